The summed E-state index contributed by atoms with van der Waals surface area (Å²) in [5, 5.41) is 13.1. The normalized spacial score (nSPS) is 12.0. The summed E-state index contributed by atoms with van der Waals surface area (Å²) in [6, 6.07) is 2.25. The zero-order valence-electron chi connectivity index (χ0n) is 13.6. The number of hydrogen-bond acceptors (Lipinski definition) is 2. The van der Waals surface area contributed by atoms with Gasteiger partial charge in [0.1, 0.15) is 0 Å². The van der Waals surface area contributed by atoms with E-state index in [2.05, 4.69) is 23.7 Å². The molecule has 4 nitrogen and oxygen atoms in total. The Morgan fingerprint density at radius 2 is 1.90 bits per heavy atom. The van der Waals surface area contributed by atoms with Crippen molar-refractivity contribution in [1.82, 2.24) is 9.88 Å². The van der Waals surface area contributed by atoms with E-state index in [4.69, 9.17) is 0 Å². The summed E-state index contributed by atoms with van der Waals surface area (Å²) in [4.78, 5) is 12.3. The van der Waals surface area contributed by atoms with Crippen molar-refractivity contribution in [3.05, 3.63) is 23.0 Å². The van der Waals surface area contributed by atoms with Crippen LogP contribution < -0.4 is 5.32 Å². The van der Waals surface area contributed by atoms with Crippen molar-refractivity contribution >= 4 is 5.91 Å². The Morgan fingerprint density at radius 3 is 2.30 bits per heavy atom. The van der Waals surface area contributed by atoms with Crippen LogP contribution in [0, 0.1) is 13.8 Å². The molecule has 1 aromatic heterocycles. The van der Waals surface area contributed by atoms with E-state index in [1.807, 2.05) is 33.8 Å². The van der Waals surface area contributed by atoms with Gasteiger partial charge in [0.25, 0.3) is 5.91 Å². The second-order valence-electron chi connectivity index (χ2n) is 5.86. The number of carbonyl (C=O) groups is 1. The Morgan fingerprint density at radius 1 is 1.35 bits per heavy atom. The first-order valence-corrected chi connectivity index (χ1v) is 7.44. The average molecular weight is 280 g/mol. The third-order valence-electron chi connectivity index (χ3n) is 4.14. The molecular weight excluding hydrogens is 252 g/mol. The molecule has 1 amide bonds. The van der Waals surface area contributed by atoms with Gasteiger partial charge in [0.15, 0.2) is 0 Å². The number of carbonyl (C=O) groups excluding carboxylic acids is 1. The van der Waals surface area contributed by atoms with E-state index < -0.39 is 5.60 Å². The highest BCUT2D eigenvalue weighted by atomic mass is 16.3. The molecule has 0 aliphatic heterocycles. The standard InChI is InChI=1S/C16H28N2O2/c1-7-16(20,8-2)10-17-15(19)14-9-12(5)18(11(3)4)13(14)6/h9,11,20H,7-8,10H2,1-6H3,(H,17,19). The number of aliphatic hydroxyl groups is 1. The third kappa shape index (κ3) is 3.42. The predicted molar refractivity (Wildman–Crippen MR) is 82.2 cm³/mol. The van der Waals surface area contributed by atoms with Gasteiger partial charge in [-0.2, -0.15) is 0 Å². The number of aromatic nitrogens is 1. The highest BCUT2D eigenvalue weighted by Gasteiger charge is 2.24. The van der Waals surface area contributed by atoms with Crippen LogP contribution in [-0.4, -0.2) is 27.7 Å². The van der Waals surface area contributed by atoms with E-state index >= 15 is 0 Å². The van der Waals surface area contributed by atoms with Crippen LogP contribution in [-0.2, 0) is 0 Å². The van der Waals surface area contributed by atoms with Crippen molar-refractivity contribution in [2.75, 3.05) is 6.54 Å². The van der Waals surface area contributed by atoms with Gasteiger partial charge in [-0.3, -0.25) is 4.79 Å². The van der Waals surface area contributed by atoms with Gasteiger partial charge in [-0.25, -0.2) is 0 Å². The third-order valence-corrected chi connectivity index (χ3v) is 4.14. The van der Waals surface area contributed by atoms with Gasteiger partial charge in [-0.05, 0) is 46.6 Å². The zero-order valence-corrected chi connectivity index (χ0v) is 13.6. The second-order valence-corrected chi connectivity index (χ2v) is 5.86. The van der Waals surface area contributed by atoms with Crippen LogP contribution in [0.5, 0.6) is 0 Å². The molecule has 0 fully saturated rings. The van der Waals surface area contributed by atoms with Crippen LogP contribution in [0.4, 0.5) is 0 Å². The molecule has 0 atom stereocenters. The maximum Gasteiger partial charge on any atom is 0.253 e. The first kappa shape index (κ1) is 16.8. The van der Waals surface area contributed by atoms with E-state index in [1.54, 1.807) is 0 Å². The Kier molecular flexibility index (Phi) is 5.40. The molecule has 20 heavy (non-hydrogen) atoms. The molecule has 0 saturated heterocycles. The van der Waals surface area contributed by atoms with Crippen molar-refractivity contribution in [2.24, 2.45) is 0 Å². The lowest BCUT2D eigenvalue weighted by molar-refractivity contribution is 0.0314. The minimum atomic E-state index is -0.806. The van der Waals surface area contributed by atoms with Crippen molar-refractivity contribution in [1.29, 1.82) is 0 Å². The molecule has 1 aromatic rings. The fourth-order valence-electron chi connectivity index (χ4n) is 2.64. The summed E-state index contributed by atoms with van der Waals surface area (Å²) in [5.74, 6) is -0.106. The van der Waals surface area contributed by atoms with Crippen molar-refractivity contribution in [3.63, 3.8) is 0 Å². The van der Waals surface area contributed by atoms with Crippen molar-refractivity contribution < 1.29 is 9.90 Å². The first-order chi connectivity index (χ1) is 9.25. The maximum atomic E-state index is 12.3. The van der Waals surface area contributed by atoms with Crippen molar-refractivity contribution in [3.8, 4) is 0 Å². The van der Waals surface area contributed by atoms with E-state index in [9.17, 15) is 9.90 Å². The summed E-state index contributed by atoms with van der Waals surface area (Å²) in [6.45, 7) is 12.3. The average Bonchev–Trinajstić information content (AvgIpc) is 2.71. The van der Waals surface area contributed by atoms with Gasteiger partial charge in [-0.15, -0.1) is 0 Å². The van der Waals surface area contributed by atoms with Gasteiger partial charge in [0.2, 0.25) is 0 Å². The van der Waals surface area contributed by atoms with Crippen LogP contribution in [0.2, 0.25) is 0 Å². The van der Waals surface area contributed by atoms with Gasteiger partial charge in [0.05, 0.1) is 11.2 Å². The number of rotatable bonds is 6. The lowest BCUT2D eigenvalue weighted by Crippen LogP contribution is -2.42. The molecule has 0 saturated carbocycles. The van der Waals surface area contributed by atoms with Gasteiger partial charge in [0, 0.05) is 24.0 Å². The van der Waals surface area contributed by atoms with E-state index in [-0.39, 0.29) is 5.91 Å². The molecule has 0 radical (unpaired) electrons. The van der Waals surface area contributed by atoms with Crippen LogP contribution in [0.1, 0.15) is 68.3 Å². The monoisotopic (exact) mass is 280 g/mol. The molecule has 1 rings (SSSR count). The Hall–Kier alpha value is -1.29. The highest BCUT2D eigenvalue weighted by Crippen LogP contribution is 2.20. The van der Waals surface area contributed by atoms with E-state index in [1.165, 1.54) is 0 Å². The smallest absolute Gasteiger partial charge is 0.253 e. The summed E-state index contributed by atoms with van der Waals surface area (Å²) in [5.41, 5.74) is 1.96. The molecule has 0 bridgehead atoms. The molecule has 2 N–H and O–H groups in total. The van der Waals surface area contributed by atoms with Crippen LogP contribution >= 0.6 is 0 Å². The molecule has 114 valence electrons. The van der Waals surface area contributed by atoms with Gasteiger partial charge in [-0.1, -0.05) is 13.8 Å². The fraction of sp³-hybridized carbons (Fsp3) is 0.688. The number of aryl methyl sites for hydroxylation is 1. The minimum absolute atomic E-state index is 0.106. The van der Waals surface area contributed by atoms with Crippen LogP contribution in [0.15, 0.2) is 6.07 Å². The highest BCUT2D eigenvalue weighted by molar-refractivity contribution is 5.95. The number of hydrogen-bond donors (Lipinski definition) is 2. The first-order valence-electron chi connectivity index (χ1n) is 7.44. The quantitative estimate of drug-likeness (QED) is 0.841. The summed E-state index contributed by atoms with van der Waals surface area (Å²) in [7, 11) is 0. The number of nitrogens with zero attached hydrogens (tertiary/aromatic N) is 1. The van der Waals surface area contributed by atoms with Crippen molar-refractivity contribution in [2.45, 2.75) is 66.0 Å². The zero-order chi connectivity index (χ0) is 15.5. The molecule has 0 unspecified atom stereocenters. The van der Waals surface area contributed by atoms with Gasteiger partial charge < -0.3 is 15.0 Å². The molecule has 0 aromatic carbocycles. The lowest BCUT2D eigenvalue weighted by atomic mass is 9.97. The summed E-state index contributed by atoms with van der Waals surface area (Å²) >= 11 is 0. The molecular formula is C16H28N2O2. The number of nitrogens with one attached hydrogen (secondary N) is 1. The fourth-order valence-corrected chi connectivity index (χ4v) is 2.64. The van der Waals surface area contributed by atoms with Crippen LogP contribution in [0.3, 0.4) is 0 Å². The van der Waals surface area contributed by atoms with E-state index in [0.29, 0.717) is 31.0 Å². The van der Waals surface area contributed by atoms with E-state index in [0.717, 1.165) is 11.4 Å². The minimum Gasteiger partial charge on any atom is -0.388 e. The Labute approximate surface area is 122 Å². The summed E-state index contributed by atoms with van der Waals surface area (Å²) in [6.07, 6.45) is 1.27. The summed E-state index contributed by atoms with van der Waals surface area (Å²) < 4.78 is 2.15. The molecule has 0 spiro atoms. The van der Waals surface area contributed by atoms with Crippen LogP contribution in [0.25, 0.3) is 0 Å². The topological polar surface area (TPSA) is 54.3 Å². The number of amides is 1. The largest absolute Gasteiger partial charge is 0.388 e. The predicted octanol–water partition coefficient (Wildman–Crippen LogP) is 2.97. The van der Waals surface area contributed by atoms with Gasteiger partial charge >= 0.3 is 0 Å². The second kappa shape index (κ2) is 6.44. The molecule has 1 heterocycles. The molecule has 4 heteroatoms. The lowest BCUT2D eigenvalue weighted by Gasteiger charge is -2.25. The molecule has 0 aliphatic carbocycles. The Bertz CT molecular complexity index is 471. The molecule has 0 aliphatic rings. The Balaban J connectivity index is 2.87. The SMILES string of the molecule is CCC(O)(CC)CNC(=O)c1cc(C)n(C(C)C)c1C. The maximum absolute atomic E-state index is 12.3.